The summed E-state index contributed by atoms with van der Waals surface area (Å²) in [7, 11) is 0. The van der Waals surface area contributed by atoms with Crippen molar-refractivity contribution in [3.63, 3.8) is 0 Å². The van der Waals surface area contributed by atoms with Gasteiger partial charge in [-0.25, -0.2) is 0 Å². The maximum atomic E-state index is 9.74. The number of aliphatic hydroxyl groups is 1. The van der Waals surface area contributed by atoms with Crippen LogP contribution in [-0.2, 0) is 0 Å². The molecule has 1 aromatic rings. The normalized spacial score (nSPS) is 19.5. The maximum Gasteiger partial charge on any atom is 0.137 e. The summed E-state index contributed by atoms with van der Waals surface area (Å²) in [4.78, 5) is -0.768. The van der Waals surface area contributed by atoms with Crippen molar-refractivity contribution in [1.29, 1.82) is 0 Å². The van der Waals surface area contributed by atoms with Crippen LogP contribution in [0.1, 0.15) is 55.3 Å². The topological polar surface area (TPSA) is 20.2 Å². The van der Waals surface area contributed by atoms with Crippen LogP contribution in [0.15, 0.2) is 24.3 Å². The van der Waals surface area contributed by atoms with E-state index in [1.165, 1.54) is 37.7 Å². The molecule has 1 saturated carbocycles. The molecular formula is C14H18Cl2O. The summed E-state index contributed by atoms with van der Waals surface area (Å²) >= 11 is 11.3. The van der Waals surface area contributed by atoms with Crippen LogP contribution in [0.5, 0.6) is 0 Å². The van der Waals surface area contributed by atoms with Crippen LogP contribution < -0.4 is 0 Å². The van der Waals surface area contributed by atoms with E-state index < -0.39 is 10.9 Å². The largest absolute Gasteiger partial charge is 0.386 e. The second-order valence-corrected chi connectivity index (χ2v) is 5.94. The minimum atomic E-state index is -0.793. The van der Waals surface area contributed by atoms with Crippen molar-refractivity contribution in [1.82, 2.24) is 0 Å². The number of hydrogen-bond acceptors (Lipinski definition) is 1. The van der Waals surface area contributed by atoms with E-state index in [0.717, 1.165) is 5.56 Å². The van der Waals surface area contributed by atoms with Gasteiger partial charge in [-0.15, -0.1) is 23.2 Å². The van der Waals surface area contributed by atoms with E-state index in [0.29, 0.717) is 5.92 Å². The molecule has 17 heavy (non-hydrogen) atoms. The van der Waals surface area contributed by atoms with Gasteiger partial charge in [0.2, 0.25) is 0 Å². The Morgan fingerprint density at radius 1 is 1.00 bits per heavy atom. The van der Waals surface area contributed by atoms with Crippen molar-refractivity contribution in [2.45, 2.75) is 49.0 Å². The van der Waals surface area contributed by atoms with Gasteiger partial charge in [0.15, 0.2) is 0 Å². The number of alkyl halides is 2. The molecule has 1 aliphatic carbocycles. The van der Waals surface area contributed by atoms with Gasteiger partial charge in [-0.3, -0.25) is 0 Å². The molecule has 2 rings (SSSR count). The number of rotatable bonds is 3. The summed E-state index contributed by atoms with van der Waals surface area (Å²) in [5, 5.41) is 9.74. The van der Waals surface area contributed by atoms with Crippen molar-refractivity contribution in [3.8, 4) is 0 Å². The van der Waals surface area contributed by atoms with Crippen LogP contribution in [0.2, 0.25) is 0 Å². The van der Waals surface area contributed by atoms with Gasteiger partial charge >= 0.3 is 0 Å². The lowest BCUT2D eigenvalue weighted by atomic mass is 9.84. The molecule has 0 saturated heterocycles. The molecular weight excluding hydrogens is 255 g/mol. The predicted molar refractivity (Wildman–Crippen MR) is 72.7 cm³/mol. The molecule has 1 fully saturated rings. The van der Waals surface area contributed by atoms with Crippen molar-refractivity contribution >= 4 is 23.2 Å². The highest BCUT2D eigenvalue weighted by Gasteiger charge is 2.18. The molecule has 1 N–H and O–H groups in total. The highest BCUT2D eigenvalue weighted by atomic mass is 35.5. The molecule has 1 atom stereocenters. The summed E-state index contributed by atoms with van der Waals surface area (Å²) in [6.45, 7) is 0. The molecule has 1 aromatic carbocycles. The molecule has 0 aromatic heterocycles. The zero-order valence-corrected chi connectivity index (χ0v) is 11.3. The zero-order valence-electron chi connectivity index (χ0n) is 9.78. The highest BCUT2D eigenvalue weighted by molar-refractivity contribution is 6.44. The maximum absolute atomic E-state index is 9.74. The van der Waals surface area contributed by atoms with Crippen LogP contribution in [0.3, 0.4) is 0 Å². The zero-order chi connectivity index (χ0) is 12.3. The SMILES string of the molecule is OC(c1ccc(C2CCCCC2)cc1)C(Cl)Cl. The summed E-state index contributed by atoms with van der Waals surface area (Å²) in [5.41, 5.74) is 2.17. The molecule has 1 nitrogen and oxygen atoms in total. The van der Waals surface area contributed by atoms with E-state index in [2.05, 4.69) is 12.1 Å². The average Bonchev–Trinajstić information content (AvgIpc) is 2.39. The quantitative estimate of drug-likeness (QED) is 0.800. The Hall–Kier alpha value is -0.240. The first-order valence-corrected chi connectivity index (χ1v) is 7.12. The average molecular weight is 273 g/mol. The summed E-state index contributed by atoms with van der Waals surface area (Å²) in [6.07, 6.45) is 5.82. The van der Waals surface area contributed by atoms with Gasteiger partial charge in [-0.2, -0.15) is 0 Å². The van der Waals surface area contributed by atoms with E-state index in [1.807, 2.05) is 12.1 Å². The third-order valence-corrected chi connectivity index (χ3v) is 4.07. The van der Waals surface area contributed by atoms with E-state index in [-0.39, 0.29) is 0 Å². The van der Waals surface area contributed by atoms with Crippen LogP contribution in [0.25, 0.3) is 0 Å². The minimum absolute atomic E-state index is 0.692. The summed E-state index contributed by atoms with van der Waals surface area (Å²) in [5.74, 6) is 0.692. The number of halogens is 2. The van der Waals surface area contributed by atoms with E-state index >= 15 is 0 Å². The van der Waals surface area contributed by atoms with Crippen molar-refractivity contribution in [2.24, 2.45) is 0 Å². The lowest BCUT2D eigenvalue weighted by Gasteiger charge is -2.22. The van der Waals surface area contributed by atoms with Gasteiger partial charge < -0.3 is 5.11 Å². The van der Waals surface area contributed by atoms with Crippen LogP contribution >= 0.6 is 23.2 Å². The van der Waals surface area contributed by atoms with Crippen LogP contribution in [0, 0.1) is 0 Å². The number of aliphatic hydroxyl groups excluding tert-OH is 1. The Balaban J connectivity index is 2.06. The molecule has 3 heteroatoms. The van der Waals surface area contributed by atoms with E-state index in [9.17, 15) is 5.11 Å². The van der Waals surface area contributed by atoms with Gasteiger partial charge in [-0.1, -0.05) is 43.5 Å². The fourth-order valence-electron chi connectivity index (χ4n) is 2.55. The lowest BCUT2D eigenvalue weighted by molar-refractivity contribution is 0.193. The van der Waals surface area contributed by atoms with Gasteiger partial charge in [0.25, 0.3) is 0 Å². The molecule has 0 aliphatic heterocycles. The summed E-state index contributed by atoms with van der Waals surface area (Å²) < 4.78 is 0. The fraction of sp³-hybridized carbons (Fsp3) is 0.571. The third-order valence-electron chi connectivity index (χ3n) is 3.59. The molecule has 0 radical (unpaired) electrons. The molecule has 0 spiro atoms. The molecule has 0 amide bonds. The third kappa shape index (κ3) is 3.37. The summed E-state index contributed by atoms with van der Waals surface area (Å²) in [6, 6.07) is 8.08. The van der Waals surface area contributed by atoms with Gasteiger partial charge in [-0.05, 0) is 29.9 Å². The molecule has 94 valence electrons. The highest BCUT2D eigenvalue weighted by Crippen LogP contribution is 2.33. The first-order valence-electron chi connectivity index (χ1n) is 6.24. The van der Waals surface area contributed by atoms with Crippen LogP contribution in [0.4, 0.5) is 0 Å². The molecule has 1 aliphatic rings. The second kappa shape index (κ2) is 6.08. The standard InChI is InChI=1S/C14H18Cl2O/c15-14(16)13(17)12-8-6-11(7-9-12)10-4-2-1-3-5-10/h6-10,13-14,17H,1-5H2. The van der Waals surface area contributed by atoms with Crippen LogP contribution in [-0.4, -0.2) is 9.94 Å². The molecule has 0 bridgehead atoms. The van der Waals surface area contributed by atoms with Crippen molar-refractivity contribution in [2.75, 3.05) is 0 Å². The Morgan fingerprint density at radius 3 is 2.12 bits per heavy atom. The molecule has 0 heterocycles. The molecule has 1 unspecified atom stereocenters. The van der Waals surface area contributed by atoms with Gasteiger partial charge in [0, 0.05) is 0 Å². The first kappa shape index (κ1) is 13.2. The fourth-order valence-corrected chi connectivity index (χ4v) is 2.84. The smallest absolute Gasteiger partial charge is 0.137 e. The minimum Gasteiger partial charge on any atom is -0.386 e. The van der Waals surface area contributed by atoms with Gasteiger partial charge in [0.05, 0.1) is 0 Å². The van der Waals surface area contributed by atoms with Gasteiger partial charge in [0.1, 0.15) is 10.9 Å². The Bertz CT molecular complexity index is 342. The monoisotopic (exact) mass is 272 g/mol. The van der Waals surface area contributed by atoms with E-state index in [4.69, 9.17) is 23.2 Å². The predicted octanol–water partition coefficient (Wildman–Crippen LogP) is 4.57. The van der Waals surface area contributed by atoms with E-state index in [1.54, 1.807) is 0 Å². The number of hydrogen-bond donors (Lipinski definition) is 1. The van der Waals surface area contributed by atoms with Crippen molar-refractivity contribution < 1.29 is 5.11 Å². The Labute approximate surface area is 113 Å². The lowest BCUT2D eigenvalue weighted by Crippen LogP contribution is -2.07. The Kier molecular flexibility index (Phi) is 4.72. The second-order valence-electron chi connectivity index (χ2n) is 4.78. The number of benzene rings is 1. The first-order chi connectivity index (χ1) is 8.18. The van der Waals surface area contributed by atoms with Crippen molar-refractivity contribution in [3.05, 3.63) is 35.4 Å². The Morgan fingerprint density at radius 2 is 1.59 bits per heavy atom.